The molecule has 3 aromatic rings. The predicted molar refractivity (Wildman–Crippen MR) is 107 cm³/mol. The van der Waals surface area contributed by atoms with Gasteiger partial charge in [-0.25, -0.2) is 0 Å². The van der Waals surface area contributed by atoms with Crippen molar-refractivity contribution in [3.8, 4) is 11.5 Å². The van der Waals surface area contributed by atoms with E-state index in [-0.39, 0.29) is 5.78 Å². The van der Waals surface area contributed by atoms with Crippen LogP contribution in [0.2, 0.25) is 0 Å². The van der Waals surface area contributed by atoms with Gasteiger partial charge in [0.15, 0.2) is 5.76 Å². The van der Waals surface area contributed by atoms with Crippen LogP contribution in [0.4, 0.5) is 0 Å². The highest BCUT2D eigenvalue weighted by Gasteiger charge is 2.33. The molecule has 1 aromatic carbocycles. The van der Waals surface area contributed by atoms with E-state index in [4.69, 9.17) is 9.47 Å². The third-order valence-corrected chi connectivity index (χ3v) is 5.79. The summed E-state index contributed by atoms with van der Waals surface area (Å²) in [6.07, 6.45) is 5.40. The zero-order valence-electron chi connectivity index (χ0n) is 15.3. The predicted octanol–water partition coefficient (Wildman–Crippen LogP) is 4.42. The molecule has 0 spiro atoms. The number of pyridine rings is 1. The smallest absolute Gasteiger partial charge is 0.232 e. The fraction of sp³-hybridized carbons (Fsp3) is 0.182. The summed E-state index contributed by atoms with van der Waals surface area (Å²) in [6, 6.07) is 9.85. The van der Waals surface area contributed by atoms with E-state index >= 15 is 0 Å². The van der Waals surface area contributed by atoms with Gasteiger partial charge in [0.1, 0.15) is 18.2 Å². The molecule has 0 fully saturated rings. The second-order valence-electron chi connectivity index (χ2n) is 6.94. The Kier molecular flexibility index (Phi) is 4.22. The molecule has 0 bridgehead atoms. The van der Waals surface area contributed by atoms with E-state index in [0.717, 1.165) is 34.8 Å². The summed E-state index contributed by atoms with van der Waals surface area (Å²) in [5, 5.41) is 1.98. The Hall–Kier alpha value is -2.96. The Bertz CT molecular complexity index is 1070. The molecule has 0 atom stereocenters. The number of hydrogen-bond donors (Lipinski definition) is 0. The highest BCUT2D eigenvalue weighted by atomic mass is 32.1. The van der Waals surface area contributed by atoms with Crippen LogP contribution in [0.5, 0.6) is 11.5 Å². The van der Waals surface area contributed by atoms with Crippen molar-refractivity contribution >= 4 is 23.2 Å². The number of allylic oxidation sites excluding steroid dienone is 1. The lowest BCUT2D eigenvalue weighted by atomic mass is 10.00. The van der Waals surface area contributed by atoms with Crippen LogP contribution in [-0.4, -0.2) is 22.4 Å². The van der Waals surface area contributed by atoms with Crippen molar-refractivity contribution in [1.82, 2.24) is 9.88 Å². The van der Waals surface area contributed by atoms with Gasteiger partial charge >= 0.3 is 0 Å². The quantitative estimate of drug-likeness (QED) is 0.620. The number of aromatic nitrogens is 1. The second-order valence-corrected chi connectivity index (χ2v) is 7.92. The second kappa shape index (κ2) is 6.89. The Morgan fingerprint density at radius 2 is 2.11 bits per heavy atom. The molecule has 0 saturated heterocycles. The fourth-order valence-electron chi connectivity index (χ4n) is 3.65. The lowest BCUT2D eigenvalue weighted by Gasteiger charge is -2.30. The van der Waals surface area contributed by atoms with Crippen LogP contribution < -0.4 is 9.47 Å². The number of thiophene rings is 1. The van der Waals surface area contributed by atoms with Crippen LogP contribution in [0.1, 0.15) is 31.9 Å². The van der Waals surface area contributed by atoms with Gasteiger partial charge < -0.3 is 9.47 Å². The number of carbonyl (C=O) groups excluding carboxylic acids is 1. The topological polar surface area (TPSA) is 51.7 Å². The number of Topliss-reactive ketones (excluding diaryl/α,β-unsaturated/α-hetero) is 1. The van der Waals surface area contributed by atoms with Crippen molar-refractivity contribution in [2.75, 3.05) is 6.73 Å². The monoisotopic (exact) mass is 390 g/mol. The molecule has 140 valence electrons. The number of carbonyl (C=O) groups is 1. The van der Waals surface area contributed by atoms with Crippen LogP contribution >= 0.6 is 11.3 Å². The minimum absolute atomic E-state index is 0.0689. The van der Waals surface area contributed by atoms with Crippen LogP contribution in [0.25, 0.3) is 6.08 Å². The minimum atomic E-state index is -0.0689. The Balaban J connectivity index is 1.44. The van der Waals surface area contributed by atoms with Crippen molar-refractivity contribution in [1.29, 1.82) is 0 Å². The Labute approximate surface area is 166 Å². The number of rotatable bonds is 3. The third kappa shape index (κ3) is 3.00. The largest absolute Gasteiger partial charge is 0.477 e. The molecule has 28 heavy (non-hydrogen) atoms. The molecule has 0 amide bonds. The van der Waals surface area contributed by atoms with E-state index in [1.807, 2.05) is 48.7 Å². The third-order valence-electron chi connectivity index (χ3n) is 4.97. The first kappa shape index (κ1) is 17.2. The van der Waals surface area contributed by atoms with Crippen LogP contribution in [0, 0.1) is 6.92 Å². The van der Waals surface area contributed by atoms with E-state index in [1.54, 1.807) is 23.7 Å². The fourth-order valence-corrected chi connectivity index (χ4v) is 4.29. The van der Waals surface area contributed by atoms with Crippen molar-refractivity contribution in [2.45, 2.75) is 20.0 Å². The van der Waals surface area contributed by atoms with Crippen molar-refractivity contribution in [3.63, 3.8) is 0 Å². The van der Waals surface area contributed by atoms with Crippen LogP contribution in [-0.2, 0) is 13.1 Å². The lowest BCUT2D eigenvalue weighted by Crippen LogP contribution is -2.32. The number of benzene rings is 1. The average Bonchev–Trinajstić information content (AvgIpc) is 3.32. The zero-order chi connectivity index (χ0) is 19.1. The highest BCUT2D eigenvalue weighted by Crippen LogP contribution is 2.43. The van der Waals surface area contributed by atoms with Gasteiger partial charge in [0.2, 0.25) is 5.78 Å². The number of ketones is 1. The SMILES string of the molecule is Cc1c2c(cc3c1O/C(=C/c1cccs1)C3=O)CN(Cc1ccncc1)CO2. The molecule has 2 aromatic heterocycles. The Morgan fingerprint density at radius 1 is 1.25 bits per heavy atom. The van der Waals surface area contributed by atoms with E-state index in [1.165, 1.54) is 5.56 Å². The van der Waals surface area contributed by atoms with Gasteiger partial charge in [-0.1, -0.05) is 6.07 Å². The molecule has 6 heteroatoms. The molecule has 4 heterocycles. The summed E-state index contributed by atoms with van der Waals surface area (Å²) in [6.45, 7) is 3.95. The molecule has 5 rings (SSSR count). The number of nitrogens with zero attached hydrogens (tertiary/aromatic N) is 2. The molecular weight excluding hydrogens is 372 g/mol. The standard InChI is InChI=1S/C22H18N2O3S/c1-14-21-16(12-24(13-26-21)11-15-4-6-23-7-5-15)9-18-20(25)19(27-22(14)18)10-17-3-2-8-28-17/h2-10H,11-13H2,1H3/b19-10+. The van der Waals surface area contributed by atoms with Crippen molar-refractivity contribution in [2.24, 2.45) is 0 Å². The maximum absolute atomic E-state index is 12.9. The van der Waals surface area contributed by atoms with Gasteiger partial charge in [-0.15, -0.1) is 11.3 Å². The Morgan fingerprint density at radius 3 is 2.89 bits per heavy atom. The normalized spacial score (nSPS) is 17.2. The molecule has 2 aliphatic rings. The number of fused-ring (bicyclic) bond motifs is 2. The van der Waals surface area contributed by atoms with E-state index in [2.05, 4.69) is 9.88 Å². The van der Waals surface area contributed by atoms with E-state index in [9.17, 15) is 4.79 Å². The average molecular weight is 390 g/mol. The maximum atomic E-state index is 12.9. The number of hydrogen-bond acceptors (Lipinski definition) is 6. The summed E-state index contributed by atoms with van der Waals surface area (Å²) in [4.78, 5) is 20.1. The van der Waals surface area contributed by atoms with E-state index in [0.29, 0.717) is 23.8 Å². The minimum Gasteiger partial charge on any atom is -0.477 e. The molecule has 2 aliphatic heterocycles. The highest BCUT2D eigenvalue weighted by molar-refractivity contribution is 7.10. The molecule has 0 saturated carbocycles. The molecule has 0 radical (unpaired) electrons. The van der Waals surface area contributed by atoms with Crippen LogP contribution in [0.15, 0.2) is 53.9 Å². The lowest BCUT2D eigenvalue weighted by molar-refractivity contribution is 0.0876. The summed E-state index contributed by atoms with van der Waals surface area (Å²) in [5.74, 6) is 1.75. The van der Waals surface area contributed by atoms with Gasteiger partial charge in [-0.05, 0) is 42.1 Å². The van der Waals surface area contributed by atoms with Crippen LogP contribution in [0.3, 0.4) is 0 Å². The van der Waals surface area contributed by atoms with Gasteiger partial charge in [0, 0.05) is 47.6 Å². The van der Waals surface area contributed by atoms with E-state index < -0.39 is 0 Å². The first-order chi connectivity index (χ1) is 13.7. The van der Waals surface area contributed by atoms with Crippen molar-refractivity contribution in [3.05, 3.63) is 81.0 Å². The maximum Gasteiger partial charge on any atom is 0.232 e. The van der Waals surface area contributed by atoms with Gasteiger partial charge in [-0.3, -0.25) is 14.7 Å². The zero-order valence-corrected chi connectivity index (χ0v) is 16.2. The molecular formula is C22H18N2O3S. The molecule has 5 nitrogen and oxygen atoms in total. The summed E-state index contributed by atoms with van der Waals surface area (Å²) < 4.78 is 12.0. The molecule has 0 unspecified atom stereocenters. The van der Waals surface area contributed by atoms with Gasteiger partial charge in [0.05, 0.1) is 5.56 Å². The first-order valence-corrected chi connectivity index (χ1v) is 9.95. The summed E-state index contributed by atoms with van der Waals surface area (Å²) >= 11 is 1.58. The van der Waals surface area contributed by atoms with Gasteiger partial charge in [0.25, 0.3) is 0 Å². The summed E-state index contributed by atoms with van der Waals surface area (Å²) in [7, 11) is 0. The number of ether oxygens (including phenoxy) is 2. The first-order valence-electron chi connectivity index (χ1n) is 9.07. The molecule has 0 aliphatic carbocycles. The van der Waals surface area contributed by atoms with Gasteiger partial charge in [-0.2, -0.15) is 0 Å². The summed E-state index contributed by atoms with van der Waals surface area (Å²) in [5.41, 5.74) is 3.71. The van der Waals surface area contributed by atoms with Crippen molar-refractivity contribution < 1.29 is 14.3 Å². The molecule has 0 N–H and O–H groups in total.